The molecule has 0 aromatic rings. The molecular formula is C10H21N3O. The summed E-state index contributed by atoms with van der Waals surface area (Å²) in [6.45, 7) is 7.95. The van der Waals surface area contributed by atoms with Crippen LogP contribution in [0.1, 0.15) is 26.7 Å². The van der Waals surface area contributed by atoms with Crippen LogP contribution in [-0.4, -0.2) is 18.4 Å². The first kappa shape index (κ1) is 13.0. The van der Waals surface area contributed by atoms with Crippen molar-refractivity contribution in [2.75, 3.05) is 6.54 Å². The van der Waals surface area contributed by atoms with Gasteiger partial charge in [-0.3, -0.25) is 4.79 Å². The van der Waals surface area contributed by atoms with Crippen LogP contribution in [0.25, 0.3) is 0 Å². The molecule has 0 aliphatic rings. The monoisotopic (exact) mass is 199 g/mol. The van der Waals surface area contributed by atoms with Crippen LogP contribution >= 0.6 is 0 Å². The van der Waals surface area contributed by atoms with Crippen molar-refractivity contribution in [2.24, 2.45) is 17.4 Å². The van der Waals surface area contributed by atoms with Gasteiger partial charge in [-0.15, -0.1) is 0 Å². The van der Waals surface area contributed by atoms with E-state index < -0.39 is 0 Å². The molecular weight excluding hydrogens is 178 g/mol. The average molecular weight is 199 g/mol. The number of nitrogens with two attached hydrogens (primary N) is 2. The standard InChI is InChI=1S/C10H21N3O/c1-7(2)10(14)9(12)5-4-6-13-8(3)11/h7,9,13H,3-6,11-12H2,1-2H3. The van der Waals surface area contributed by atoms with E-state index in [1.165, 1.54) is 0 Å². The van der Waals surface area contributed by atoms with Crippen molar-refractivity contribution < 1.29 is 4.79 Å². The maximum absolute atomic E-state index is 11.4. The minimum absolute atomic E-state index is 0.0161. The molecule has 1 unspecified atom stereocenters. The molecule has 5 N–H and O–H groups in total. The zero-order valence-electron chi connectivity index (χ0n) is 9.05. The van der Waals surface area contributed by atoms with Gasteiger partial charge in [0, 0.05) is 12.5 Å². The van der Waals surface area contributed by atoms with Gasteiger partial charge in [0.1, 0.15) is 0 Å². The van der Waals surface area contributed by atoms with Gasteiger partial charge in [-0.05, 0) is 12.8 Å². The lowest BCUT2D eigenvalue weighted by Gasteiger charge is -2.13. The van der Waals surface area contributed by atoms with E-state index in [2.05, 4.69) is 11.9 Å². The Morgan fingerprint density at radius 2 is 2.07 bits per heavy atom. The zero-order chi connectivity index (χ0) is 11.1. The molecule has 0 rings (SSSR count). The van der Waals surface area contributed by atoms with Crippen molar-refractivity contribution in [3.8, 4) is 0 Å². The molecule has 0 aliphatic carbocycles. The van der Waals surface area contributed by atoms with Crippen molar-refractivity contribution in [2.45, 2.75) is 32.7 Å². The third-order valence-electron chi connectivity index (χ3n) is 1.98. The predicted octanol–water partition coefficient (Wildman–Crippen LogP) is 0.338. The number of ketones is 1. The highest BCUT2D eigenvalue weighted by molar-refractivity contribution is 5.85. The number of carbonyl (C=O) groups is 1. The lowest BCUT2D eigenvalue weighted by molar-refractivity contribution is -0.123. The van der Waals surface area contributed by atoms with Gasteiger partial charge in [-0.2, -0.15) is 0 Å². The van der Waals surface area contributed by atoms with Crippen LogP contribution in [0.2, 0.25) is 0 Å². The summed E-state index contributed by atoms with van der Waals surface area (Å²) in [5.74, 6) is 0.591. The molecule has 0 aromatic heterocycles. The maximum atomic E-state index is 11.4. The molecule has 0 amide bonds. The molecule has 4 heteroatoms. The molecule has 4 nitrogen and oxygen atoms in total. The van der Waals surface area contributed by atoms with E-state index in [0.717, 1.165) is 6.42 Å². The molecule has 0 aromatic carbocycles. The Balaban J connectivity index is 3.59. The number of hydrogen-bond donors (Lipinski definition) is 3. The zero-order valence-corrected chi connectivity index (χ0v) is 9.05. The van der Waals surface area contributed by atoms with Gasteiger partial charge in [0.05, 0.1) is 11.9 Å². The Bertz CT molecular complexity index is 202. The van der Waals surface area contributed by atoms with Gasteiger partial charge in [-0.25, -0.2) is 0 Å². The van der Waals surface area contributed by atoms with Crippen molar-refractivity contribution >= 4 is 5.78 Å². The average Bonchev–Trinajstić information content (AvgIpc) is 2.10. The van der Waals surface area contributed by atoms with E-state index in [1.807, 2.05) is 13.8 Å². The van der Waals surface area contributed by atoms with Crippen LogP contribution < -0.4 is 16.8 Å². The van der Waals surface area contributed by atoms with Crippen LogP contribution in [0.5, 0.6) is 0 Å². The third-order valence-corrected chi connectivity index (χ3v) is 1.98. The Kier molecular flexibility index (Phi) is 5.95. The van der Waals surface area contributed by atoms with E-state index in [9.17, 15) is 4.79 Å². The number of carbonyl (C=O) groups excluding carboxylic acids is 1. The highest BCUT2D eigenvalue weighted by atomic mass is 16.1. The smallest absolute Gasteiger partial charge is 0.152 e. The number of hydrogen-bond acceptors (Lipinski definition) is 4. The Labute approximate surface area is 85.7 Å². The second-order valence-corrected chi connectivity index (χ2v) is 3.76. The van der Waals surface area contributed by atoms with Crippen LogP contribution in [-0.2, 0) is 4.79 Å². The number of nitrogens with one attached hydrogen (secondary N) is 1. The van der Waals surface area contributed by atoms with Crippen molar-refractivity contribution in [3.05, 3.63) is 12.4 Å². The van der Waals surface area contributed by atoms with Gasteiger partial charge < -0.3 is 16.8 Å². The Morgan fingerprint density at radius 3 is 2.50 bits per heavy atom. The minimum atomic E-state index is -0.345. The Morgan fingerprint density at radius 1 is 1.50 bits per heavy atom. The summed E-state index contributed by atoms with van der Waals surface area (Å²) in [6, 6.07) is -0.345. The van der Waals surface area contributed by atoms with Crippen LogP contribution in [0.3, 0.4) is 0 Å². The molecule has 0 spiro atoms. The summed E-state index contributed by atoms with van der Waals surface area (Å²) >= 11 is 0. The topological polar surface area (TPSA) is 81.1 Å². The molecule has 1 atom stereocenters. The quantitative estimate of drug-likeness (QED) is 0.516. The fraction of sp³-hybridized carbons (Fsp3) is 0.700. The van der Waals surface area contributed by atoms with Crippen LogP contribution in [0.15, 0.2) is 12.4 Å². The highest BCUT2D eigenvalue weighted by Crippen LogP contribution is 2.03. The second kappa shape index (κ2) is 6.43. The van der Waals surface area contributed by atoms with Gasteiger partial charge in [0.25, 0.3) is 0 Å². The lowest BCUT2D eigenvalue weighted by Crippen LogP contribution is -2.34. The van der Waals surface area contributed by atoms with E-state index in [0.29, 0.717) is 18.8 Å². The summed E-state index contributed by atoms with van der Waals surface area (Å²) in [7, 11) is 0. The van der Waals surface area contributed by atoms with Gasteiger partial charge in [0.15, 0.2) is 5.78 Å². The van der Waals surface area contributed by atoms with Crippen LogP contribution in [0, 0.1) is 5.92 Å². The van der Waals surface area contributed by atoms with E-state index in [-0.39, 0.29) is 17.7 Å². The molecule has 0 aliphatic heterocycles. The summed E-state index contributed by atoms with van der Waals surface area (Å²) in [6.07, 6.45) is 1.52. The van der Waals surface area contributed by atoms with E-state index in [1.54, 1.807) is 0 Å². The molecule has 0 fully saturated rings. The summed E-state index contributed by atoms with van der Waals surface area (Å²) in [5.41, 5.74) is 11.0. The Hall–Kier alpha value is -1.03. The molecule has 0 saturated heterocycles. The summed E-state index contributed by atoms with van der Waals surface area (Å²) in [4.78, 5) is 11.4. The molecule has 0 heterocycles. The van der Waals surface area contributed by atoms with E-state index >= 15 is 0 Å². The second-order valence-electron chi connectivity index (χ2n) is 3.76. The lowest BCUT2D eigenvalue weighted by atomic mass is 9.99. The normalized spacial score (nSPS) is 12.6. The fourth-order valence-corrected chi connectivity index (χ4v) is 1.14. The maximum Gasteiger partial charge on any atom is 0.152 e. The first-order valence-corrected chi connectivity index (χ1v) is 4.92. The molecule has 82 valence electrons. The minimum Gasteiger partial charge on any atom is -0.386 e. The van der Waals surface area contributed by atoms with E-state index in [4.69, 9.17) is 11.5 Å². The van der Waals surface area contributed by atoms with Gasteiger partial charge in [0.2, 0.25) is 0 Å². The van der Waals surface area contributed by atoms with Crippen LogP contribution in [0.4, 0.5) is 0 Å². The van der Waals surface area contributed by atoms with Gasteiger partial charge >= 0.3 is 0 Å². The fourth-order valence-electron chi connectivity index (χ4n) is 1.14. The van der Waals surface area contributed by atoms with Crippen molar-refractivity contribution in [1.82, 2.24) is 5.32 Å². The first-order chi connectivity index (χ1) is 6.45. The largest absolute Gasteiger partial charge is 0.386 e. The van der Waals surface area contributed by atoms with Crippen molar-refractivity contribution in [1.29, 1.82) is 0 Å². The molecule has 0 radical (unpaired) electrons. The number of rotatable bonds is 7. The first-order valence-electron chi connectivity index (χ1n) is 4.92. The predicted molar refractivity (Wildman–Crippen MR) is 58.4 cm³/mol. The van der Waals surface area contributed by atoms with Crippen molar-refractivity contribution in [3.63, 3.8) is 0 Å². The third kappa shape index (κ3) is 5.59. The molecule has 14 heavy (non-hydrogen) atoms. The molecule has 0 bridgehead atoms. The molecule has 0 saturated carbocycles. The SMILES string of the molecule is C=C(N)NCCCC(N)C(=O)C(C)C. The van der Waals surface area contributed by atoms with Gasteiger partial charge in [-0.1, -0.05) is 20.4 Å². The summed E-state index contributed by atoms with van der Waals surface area (Å²) < 4.78 is 0. The number of Topliss-reactive ketones (excluding diaryl/α,β-unsaturated/α-hetero) is 1. The highest BCUT2D eigenvalue weighted by Gasteiger charge is 2.15. The summed E-state index contributed by atoms with van der Waals surface area (Å²) in [5, 5.41) is 2.89.